The van der Waals surface area contributed by atoms with Crippen molar-refractivity contribution in [1.82, 2.24) is 19.4 Å². The van der Waals surface area contributed by atoms with E-state index in [1.807, 2.05) is 65.8 Å². The second kappa shape index (κ2) is 6.99. The van der Waals surface area contributed by atoms with Crippen molar-refractivity contribution in [3.8, 4) is 5.82 Å². The van der Waals surface area contributed by atoms with Gasteiger partial charge in [0.25, 0.3) is 5.91 Å². The molecule has 0 radical (unpaired) electrons. The van der Waals surface area contributed by atoms with Crippen LogP contribution >= 0.6 is 0 Å². The van der Waals surface area contributed by atoms with Crippen LogP contribution < -0.4 is 0 Å². The van der Waals surface area contributed by atoms with Gasteiger partial charge in [-0.15, -0.1) is 0 Å². The van der Waals surface area contributed by atoms with Gasteiger partial charge in [-0.2, -0.15) is 0 Å². The van der Waals surface area contributed by atoms with Crippen LogP contribution in [-0.4, -0.2) is 31.4 Å². The zero-order valence-corrected chi connectivity index (χ0v) is 16.0. The van der Waals surface area contributed by atoms with Crippen molar-refractivity contribution in [3.05, 3.63) is 77.5 Å². The van der Waals surface area contributed by atoms with Gasteiger partial charge in [0.1, 0.15) is 5.82 Å². The SMILES string of the molecule is Cc1cc(C(=O)N(C2CC2)C(C)c2ccccn2)c(C)n1-c1ccccn1. The topological polar surface area (TPSA) is 51.0 Å². The van der Waals surface area contributed by atoms with Gasteiger partial charge < -0.3 is 9.47 Å². The molecule has 0 aromatic carbocycles. The summed E-state index contributed by atoms with van der Waals surface area (Å²) >= 11 is 0. The molecule has 0 bridgehead atoms. The quantitative estimate of drug-likeness (QED) is 0.683. The Morgan fingerprint density at radius 3 is 2.41 bits per heavy atom. The lowest BCUT2D eigenvalue weighted by Gasteiger charge is -2.29. The summed E-state index contributed by atoms with van der Waals surface area (Å²) in [7, 11) is 0. The third-order valence-electron chi connectivity index (χ3n) is 5.25. The first-order valence-electron chi connectivity index (χ1n) is 9.42. The molecule has 0 spiro atoms. The van der Waals surface area contributed by atoms with Crippen LogP contribution in [0.2, 0.25) is 0 Å². The molecule has 5 nitrogen and oxygen atoms in total. The van der Waals surface area contributed by atoms with E-state index < -0.39 is 0 Å². The van der Waals surface area contributed by atoms with Crippen molar-refractivity contribution in [3.63, 3.8) is 0 Å². The highest BCUT2D eigenvalue weighted by Gasteiger charge is 2.38. The molecule has 1 fully saturated rings. The number of aromatic nitrogens is 3. The maximum absolute atomic E-state index is 13.5. The summed E-state index contributed by atoms with van der Waals surface area (Å²) in [6.45, 7) is 6.07. The first kappa shape index (κ1) is 17.5. The fraction of sp³-hybridized carbons (Fsp3) is 0.318. The zero-order valence-electron chi connectivity index (χ0n) is 16.0. The van der Waals surface area contributed by atoms with Crippen LogP contribution in [0.5, 0.6) is 0 Å². The van der Waals surface area contributed by atoms with Gasteiger partial charge in [0.05, 0.1) is 17.3 Å². The molecule has 1 saturated carbocycles. The fourth-order valence-corrected chi connectivity index (χ4v) is 3.73. The predicted octanol–water partition coefficient (Wildman–Crippen LogP) is 4.25. The summed E-state index contributed by atoms with van der Waals surface area (Å²) < 4.78 is 2.05. The predicted molar refractivity (Wildman–Crippen MR) is 105 cm³/mol. The molecule has 5 heteroatoms. The summed E-state index contributed by atoms with van der Waals surface area (Å²) in [5, 5.41) is 0. The molecule has 0 saturated heterocycles. The van der Waals surface area contributed by atoms with Gasteiger partial charge >= 0.3 is 0 Å². The van der Waals surface area contributed by atoms with E-state index in [1.165, 1.54) is 0 Å². The maximum Gasteiger partial charge on any atom is 0.256 e. The summed E-state index contributed by atoms with van der Waals surface area (Å²) in [4.78, 5) is 24.4. The molecule has 1 aliphatic rings. The number of carbonyl (C=O) groups is 1. The van der Waals surface area contributed by atoms with Crippen LogP contribution in [0.4, 0.5) is 0 Å². The van der Waals surface area contributed by atoms with Gasteiger partial charge in [-0.1, -0.05) is 12.1 Å². The van der Waals surface area contributed by atoms with Crippen LogP contribution in [0.1, 0.15) is 53.2 Å². The Bertz CT molecular complexity index is 945. The average Bonchev–Trinajstić information content (AvgIpc) is 3.47. The number of aryl methyl sites for hydroxylation is 1. The third kappa shape index (κ3) is 3.25. The molecule has 1 atom stereocenters. The van der Waals surface area contributed by atoms with Crippen LogP contribution in [-0.2, 0) is 0 Å². The second-order valence-corrected chi connectivity index (χ2v) is 7.18. The smallest absolute Gasteiger partial charge is 0.256 e. The molecule has 3 aromatic heterocycles. The lowest BCUT2D eigenvalue weighted by molar-refractivity contribution is 0.0669. The minimum atomic E-state index is -0.0518. The monoisotopic (exact) mass is 360 g/mol. The van der Waals surface area contributed by atoms with E-state index in [1.54, 1.807) is 12.4 Å². The van der Waals surface area contributed by atoms with Crippen molar-refractivity contribution in [2.75, 3.05) is 0 Å². The number of amides is 1. The number of rotatable bonds is 5. The van der Waals surface area contributed by atoms with Crippen molar-refractivity contribution in [2.24, 2.45) is 0 Å². The van der Waals surface area contributed by atoms with Gasteiger partial charge in [-0.3, -0.25) is 9.78 Å². The highest BCUT2D eigenvalue weighted by Crippen LogP contribution is 2.36. The van der Waals surface area contributed by atoms with Crippen LogP contribution in [0, 0.1) is 13.8 Å². The number of nitrogens with zero attached hydrogens (tertiary/aromatic N) is 4. The van der Waals surface area contributed by atoms with E-state index in [-0.39, 0.29) is 11.9 Å². The number of pyridine rings is 2. The Labute approximate surface area is 159 Å². The summed E-state index contributed by atoms with van der Waals surface area (Å²) in [6, 6.07) is 13.9. The van der Waals surface area contributed by atoms with Gasteiger partial charge in [-0.05, 0) is 63.9 Å². The first-order chi connectivity index (χ1) is 13.1. The largest absolute Gasteiger partial charge is 0.327 e. The molecule has 1 unspecified atom stereocenters. The molecule has 0 aliphatic heterocycles. The van der Waals surface area contributed by atoms with Gasteiger partial charge in [-0.25, -0.2) is 4.98 Å². The fourth-order valence-electron chi connectivity index (χ4n) is 3.73. The van der Waals surface area contributed by atoms with Crippen molar-refractivity contribution in [2.45, 2.75) is 45.7 Å². The van der Waals surface area contributed by atoms with E-state index in [9.17, 15) is 4.79 Å². The Hall–Kier alpha value is -2.95. The van der Waals surface area contributed by atoms with Crippen LogP contribution in [0.15, 0.2) is 54.9 Å². The molecule has 27 heavy (non-hydrogen) atoms. The average molecular weight is 360 g/mol. The minimum absolute atomic E-state index is 0.0518. The molecule has 1 amide bonds. The Kier molecular flexibility index (Phi) is 4.52. The highest BCUT2D eigenvalue weighted by molar-refractivity contribution is 5.96. The van der Waals surface area contributed by atoms with Gasteiger partial charge in [0, 0.05) is 29.8 Å². The lowest BCUT2D eigenvalue weighted by atomic mass is 10.1. The summed E-state index contributed by atoms with van der Waals surface area (Å²) in [6.07, 6.45) is 5.67. The Morgan fingerprint density at radius 2 is 1.81 bits per heavy atom. The van der Waals surface area contributed by atoms with Crippen LogP contribution in [0.25, 0.3) is 5.82 Å². The molecule has 138 valence electrons. The van der Waals surface area contributed by atoms with Crippen LogP contribution in [0.3, 0.4) is 0 Å². The van der Waals surface area contributed by atoms with Crippen molar-refractivity contribution >= 4 is 5.91 Å². The van der Waals surface area contributed by atoms with E-state index in [4.69, 9.17) is 0 Å². The summed E-state index contributed by atoms with van der Waals surface area (Å²) in [5.74, 6) is 0.910. The summed E-state index contributed by atoms with van der Waals surface area (Å²) in [5.41, 5.74) is 3.61. The van der Waals surface area contributed by atoms with Gasteiger partial charge in [0.15, 0.2) is 0 Å². The Balaban J connectivity index is 1.71. The number of hydrogen-bond donors (Lipinski definition) is 0. The first-order valence-corrected chi connectivity index (χ1v) is 9.42. The van der Waals surface area contributed by atoms with E-state index in [0.717, 1.165) is 41.3 Å². The van der Waals surface area contributed by atoms with E-state index >= 15 is 0 Å². The number of hydrogen-bond acceptors (Lipinski definition) is 3. The number of carbonyl (C=O) groups excluding carboxylic acids is 1. The second-order valence-electron chi connectivity index (χ2n) is 7.18. The zero-order chi connectivity index (χ0) is 19.0. The standard InChI is InChI=1S/C22H24N4O/c1-15-14-19(16(2)25(15)21-9-5-7-13-24-21)22(27)26(18-10-11-18)17(3)20-8-4-6-12-23-20/h4-9,12-14,17-18H,10-11H2,1-3H3. The molecule has 1 aliphatic carbocycles. The van der Waals surface area contributed by atoms with Crippen molar-refractivity contribution < 1.29 is 4.79 Å². The third-order valence-corrected chi connectivity index (χ3v) is 5.25. The molecular formula is C22H24N4O. The maximum atomic E-state index is 13.5. The molecule has 3 heterocycles. The van der Waals surface area contributed by atoms with E-state index in [2.05, 4.69) is 16.9 Å². The lowest BCUT2D eigenvalue weighted by Crippen LogP contribution is -2.36. The molecule has 4 rings (SSSR count). The molecule has 3 aromatic rings. The minimum Gasteiger partial charge on any atom is -0.327 e. The normalized spacial score (nSPS) is 14.8. The molecule has 0 N–H and O–H groups in total. The Morgan fingerprint density at radius 1 is 1.11 bits per heavy atom. The van der Waals surface area contributed by atoms with Crippen molar-refractivity contribution in [1.29, 1.82) is 0 Å². The molecular weight excluding hydrogens is 336 g/mol. The van der Waals surface area contributed by atoms with Gasteiger partial charge in [0.2, 0.25) is 0 Å². The highest BCUT2D eigenvalue weighted by atomic mass is 16.2. The van der Waals surface area contributed by atoms with E-state index in [0.29, 0.717) is 6.04 Å².